The van der Waals surface area contributed by atoms with E-state index in [1.165, 1.54) is 32.4 Å². The van der Waals surface area contributed by atoms with E-state index in [1.807, 2.05) is 0 Å². The lowest BCUT2D eigenvalue weighted by Crippen LogP contribution is -2.31. The van der Waals surface area contributed by atoms with Gasteiger partial charge in [0.25, 0.3) is 0 Å². The lowest BCUT2D eigenvalue weighted by molar-refractivity contribution is 0.223. The molecule has 0 atom stereocenters. The highest BCUT2D eigenvalue weighted by Crippen LogP contribution is 2.22. The van der Waals surface area contributed by atoms with Crippen LogP contribution in [0.15, 0.2) is 4.52 Å². The third-order valence-corrected chi connectivity index (χ3v) is 4.28. The van der Waals surface area contributed by atoms with E-state index in [1.54, 1.807) is 0 Å². The molecule has 2 aliphatic heterocycles. The maximum absolute atomic E-state index is 5.40. The zero-order chi connectivity index (χ0) is 12.9. The first-order chi connectivity index (χ1) is 9.42. The number of hydrogen-bond donors (Lipinski definition) is 1. The smallest absolute Gasteiger partial charge is 0.227 e. The summed E-state index contributed by atoms with van der Waals surface area (Å²) in [5, 5.41) is 7.54. The standard InChI is InChI=1S/C14H24N4O/c1-2-9-18(10-3-1)11-6-13-16-14(17-19-13)12-4-7-15-8-5-12/h12,15H,1-11H2. The van der Waals surface area contributed by atoms with Crippen LogP contribution in [-0.4, -0.2) is 47.8 Å². The third kappa shape index (κ3) is 3.54. The van der Waals surface area contributed by atoms with Gasteiger partial charge in [0.1, 0.15) is 0 Å². The summed E-state index contributed by atoms with van der Waals surface area (Å²) in [6, 6.07) is 0. The molecule has 5 heteroatoms. The van der Waals surface area contributed by atoms with Crippen molar-refractivity contribution in [1.82, 2.24) is 20.4 Å². The minimum Gasteiger partial charge on any atom is -0.339 e. The van der Waals surface area contributed by atoms with E-state index in [4.69, 9.17) is 4.52 Å². The summed E-state index contributed by atoms with van der Waals surface area (Å²) in [6.45, 7) is 5.67. The summed E-state index contributed by atoms with van der Waals surface area (Å²) in [5.74, 6) is 2.24. The summed E-state index contributed by atoms with van der Waals surface area (Å²) in [4.78, 5) is 7.10. The fraction of sp³-hybridized carbons (Fsp3) is 0.857. The summed E-state index contributed by atoms with van der Waals surface area (Å²) in [7, 11) is 0. The average Bonchev–Trinajstić information content (AvgIpc) is 2.96. The van der Waals surface area contributed by atoms with Crippen LogP contribution in [0.4, 0.5) is 0 Å². The summed E-state index contributed by atoms with van der Waals surface area (Å²) in [5.41, 5.74) is 0. The largest absolute Gasteiger partial charge is 0.339 e. The van der Waals surface area contributed by atoms with Crippen molar-refractivity contribution in [3.63, 3.8) is 0 Å². The van der Waals surface area contributed by atoms with E-state index in [2.05, 4.69) is 20.4 Å². The molecule has 2 fully saturated rings. The number of piperidine rings is 2. The first-order valence-corrected chi connectivity index (χ1v) is 7.67. The SMILES string of the molecule is C1CCN(CCc2nc(C3CCNCC3)no2)CC1. The Morgan fingerprint density at radius 1 is 1.16 bits per heavy atom. The number of likely N-dealkylation sites (tertiary alicyclic amines) is 1. The minimum absolute atomic E-state index is 0.494. The molecule has 0 radical (unpaired) electrons. The van der Waals surface area contributed by atoms with Gasteiger partial charge in [-0.25, -0.2) is 0 Å². The van der Waals surface area contributed by atoms with Gasteiger partial charge in [0.2, 0.25) is 5.89 Å². The lowest BCUT2D eigenvalue weighted by Gasteiger charge is -2.25. The Kier molecular flexibility index (Phi) is 4.45. The lowest BCUT2D eigenvalue weighted by atomic mass is 9.98. The summed E-state index contributed by atoms with van der Waals surface area (Å²) < 4.78 is 5.40. The van der Waals surface area contributed by atoms with Crippen LogP contribution in [0.1, 0.15) is 49.7 Å². The molecule has 0 saturated carbocycles. The van der Waals surface area contributed by atoms with Crippen LogP contribution in [-0.2, 0) is 6.42 Å². The first-order valence-electron chi connectivity index (χ1n) is 7.67. The third-order valence-electron chi connectivity index (χ3n) is 4.28. The van der Waals surface area contributed by atoms with E-state index in [0.717, 1.165) is 50.6 Å². The van der Waals surface area contributed by atoms with Crippen molar-refractivity contribution >= 4 is 0 Å². The van der Waals surface area contributed by atoms with Crippen LogP contribution in [0.3, 0.4) is 0 Å². The van der Waals surface area contributed by atoms with Crippen molar-refractivity contribution in [2.75, 3.05) is 32.7 Å². The maximum atomic E-state index is 5.40. The quantitative estimate of drug-likeness (QED) is 0.894. The van der Waals surface area contributed by atoms with Crippen molar-refractivity contribution in [3.05, 3.63) is 11.7 Å². The van der Waals surface area contributed by atoms with E-state index in [0.29, 0.717) is 5.92 Å². The maximum Gasteiger partial charge on any atom is 0.227 e. The zero-order valence-corrected chi connectivity index (χ0v) is 11.6. The molecule has 0 unspecified atom stereocenters. The van der Waals surface area contributed by atoms with Crippen LogP contribution >= 0.6 is 0 Å². The van der Waals surface area contributed by atoms with Crippen molar-refractivity contribution < 1.29 is 4.52 Å². The van der Waals surface area contributed by atoms with Gasteiger partial charge in [-0.1, -0.05) is 11.6 Å². The number of hydrogen-bond acceptors (Lipinski definition) is 5. The van der Waals surface area contributed by atoms with Gasteiger partial charge < -0.3 is 14.7 Å². The first kappa shape index (κ1) is 13.1. The van der Waals surface area contributed by atoms with Crippen LogP contribution in [0, 0.1) is 0 Å². The Bertz CT molecular complexity index is 381. The Morgan fingerprint density at radius 3 is 2.74 bits per heavy atom. The van der Waals surface area contributed by atoms with E-state index in [9.17, 15) is 0 Å². The van der Waals surface area contributed by atoms with Crippen molar-refractivity contribution in [1.29, 1.82) is 0 Å². The van der Waals surface area contributed by atoms with Crippen molar-refractivity contribution in [3.8, 4) is 0 Å². The predicted molar refractivity (Wildman–Crippen MR) is 73.1 cm³/mol. The summed E-state index contributed by atoms with van der Waals surface area (Å²) >= 11 is 0. The van der Waals surface area contributed by atoms with E-state index >= 15 is 0 Å². The fourth-order valence-corrected chi connectivity index (χ4v) is 3.05. The van der Waals surface area contributed by atoms with Gasteiger partial charge in [-0.3, -0.25) is 0 Å². The molecule has 0 aromatic carbocycles. The molecule has 5 nitrogen and oxygen atoms in total. The monoisotopic (exact) mass is 264 g/mol. The van der Waals surface area contributed by atoms with E-state index in [-0.39, 0.29) is 0 Å². The van der Waals surface area contributed by atoms with Gasteiger partial charge in [-0.2, -0.15) is 4.98 Å². The zero-order valence-electron chi connectivity index (χ0n) is 11.6. The highest BCUT2D eigenvalue weighted by molar-refractivity contribution is 4.97. The molecule has 0 spiro atoms. The molecule has 0 amide bonds. The van der Waals surface area contributed by atoms with Crippen molar-refractivity contribution in [2.45, 2.75) is 44.4 Å². The predicted octanol–water partition coefficient (Wildman–Crippen LogP) is 1.57. The molecule has 19 heavy (non-hydrogen) atoms. The van der Waals surface area contributed by atoms with Gasteiger partial charge in [0.15, 0.2) is 5.82 Å². The fourth-order valence-electron chi connectivity index (χ4n) is 3.05. The number of aromatic nitrogens is 2. The second kappa shape index (κ2) is 6.48. The molecular formula is C14H24N4O. The molecule has 1 aromatic rings. The van der Waals surface area contributed by atoms with Crippen LogP contribution in [0.2, 0.25) is 0 Å². The molecule has 2 saturated heterocycles. The van der Waals surface area contributed by atoms with Gasteiger partial charge in [0.05, 0.1) is 0 Å². The molecule has 2 aliphatic rings. The van der Waals surface area contributed by atoms with E-state index < -0.39 is 0 Å². The Balaban J connectivity index is 1.49. The van der Waals surface area contributed by atoms with Gasteiger partial charge in [-0.05, 0) is 51.9 Å². The molecule has 1 aromatic heterocycles. The topological polar surface area (TPSA) is 54.2 Å². The number of nitrogens with one attached hydrogen (secondary N) is 1. The van der Waals surface area contributed by atoms with Crippen molar-refractivity contribution in [2.24, 2.45) is 0 Å². The normalized spacial score (nSPS) is 22.7. The van der Waals surface area contributed by atoms with Gasteiger partial charge >= 0.3 is 0 Å². The Labute approximate surface area is 114 Å². The second-order valence-electron chi connectivity index (χ2n) is 5.72. The molecule has 3 heterocycles. The van der Waals surface area contributed by atoms with Gasteiger partial charge in [-0.15, -0.1) is 0 Å². The molecule has 3 rings (SSSR count). The highest BCUT2D eigenvalue weighted by Gasteiger charge is 2.21. The molecule has 1 N–H and O–H groups in total. The molecular weight excluding hydrogens is 240 g/mol. The Hall–Kier alpha value is -0.940. The van der Waals surface area contributed by atoms with Crippen LogP contribution in [0.5, 0.6) is 0 Å². The van der Waals surface area contributed by atoms with Crippen LogP contribution < -0.4 is 5.32 Å². The Morgan fingerprint density at radius 2 is 1.95 bits per heavy atom. The number of rotatable bonds is 4. The number of nitrogens with zero attached hydrogens (tertiary/aromatic N) is 3. The molecule has 0 aliphatic carbocycles. The highest BCUT2D eigenvalue weighted by atomic mass is 16.5. The molecule has 0 bridgehead atoms. The van der Waals surface area contributed by atoms with Gasteiger partial charge in [0, 0.05) is 18.9 Å². The minimum atomic E-state index is 0.494. The second-order valence-corrected chi connectivity index (χ2v) is 5.72. The molecule has 106 valence electrons. The average molecular weight is 264 g/mol. The summed E-state index contributed by atoms with van der Waals surface area (Å²) in [6.07, 6.45) is 7.22. The van der Waals surface area contributed by atoms with Crippen LogP contribution in [0.25, 0.3) is 0 Å².